The van der Waals surface area contributed by atoms with Crippen molar-refractivity contribution in [2.45, 2.75) is 51.5 Å². The minimum absolute atomic E-state index is 0.0745. The van der Waals surface area contributed by atoms with Crippen LogP contribution in [0.2, 0.25) is 0 Å². The molecule has 0 saturated carbocycles. The van der Waals surface area contributed by atoms with E-state index in [0.29, 0.717) is 39.1 Å². The van der Waals surface area contributed by atoms with Crippen LogP contribution in [0.4, 0.5) is 0 Å². The normalized spacial score (nSPS) is 25.8. The van der Waals surface area contributed by atoms with Crippen LogP contribution in [-0.2, 0) is 19.1 Å². The average molecular weight is 340 g/mol. The fourth-order valence-corrected chi connectivity index (χ4v) is 3.47. The number of rotatable bonds is 6. The third-order valence-electron chi connectivity index (χ3n) is 4.84. The van der Waals surface area contributed by atoms with E-state index in [-0.39, 0.29) is 23.7 Å². The highest BCUT2D eigenvalue weighted by Gasteiger charge is 2.35. The van der Waals surface area contributed by atoms with Crippen molar-refractivity contribution in [1.29, 1.82) is 0 Å². The first-order valence-electron chi connectivity index (χ1n) is 8.91. The number of hydrogen-bond acceptors (Lipinski definition) is 4. The van der Waals surface area contributed by atoms with Gasteiger partial charge in [-0.2, -0.15) is 0 Å². The van der Waals surface area contributed by atoms with Gasteiger partial charge in [0.05, 0.1) is 12.5 Å². The third-order valence-corrected chi connectivity index (χ3v) is 4.84. The molecule has 0 unspecified atom stereocenters. The van der Waals surface area contributed by atoms with Gasteiger partial charge in [-0.25, -0.2) is 4.79 Å². The van der Waals surface area contributed by atoms with Gasteiger partial charge in [0.2, 0.25) is 11.8 Å². The van der Waals surface area contributed by atoms with Crippen LogP contribution < -0.4 is 5.32 Å². The summed E-state index contributed by atoms with van der Waals surface area (Å²) in [6.45, 7) is 4.03. The zero-order valence-corrected chi connectivity index (χ0v) is 14.3. The van der Waals surface area contributed by atoms with Gasteiger partial charge < -0.3 is 20.1 Å². The van der Waals surface area contributed by atoms with Crippen LogP contribution in [0.3, 0.4) is 0 Å². The number of carboxylic acid groups (broad SMARTS) is 1. The molecule has 136 valence electrons. The molecule has 7 heteroatoms. The molecule has 2 amide bonds. The molecule has 0 spiro atoms. The summed E-state index contributed by atoms with van der Waals surface area (Å²) in [6.07, 6.45) is 4.30. The molecule has 2 saturated heterocycles. The van der Waals surface area contributed by atoms with Crippen molar-refractivity contribution in [1.82, 2.24) is 10.2 Å². The second-order valence-corrected chi connectivity index (χ2v) is 6.73. The summed E-state index contributed by atoms with van der Waals surface area (Å²) < 4.78 is 5.35. The molecule has 2 fully saturated rings. The number of nitrogens with zero attached hydrogens (tertiary/aromatic N) is 1. The summed E-state index contributed by atoms with van der Waals surface area (Å²) in [4.78, 5) is 37.8. The fraction of sp³-hybridized carbons (Fsp3) is 0.824. The molecular weight excluding hydrogens is 312 g/mol. The molecule has 3 atom stereocenters. The first kappa shape index (κ1) is 18.7. The fourth-order valence-electron chi connectivity index (χ4n) is 3.47. The molecule has 0 aromatic carbocycles. The number of nitrogens with one attached hydrogen (secondary N) is 1. The Bertz CT molecular complexity index is 462. The standard InChI is InChI=1S/C17H28N2O5/c1-2-5-14(20)19-8-3-6-12(10-19)16(21)18-15(17(22)23)13-7-4-9-24-11-13/h12-13,15H,2-11H2,1H3,(H,18,21)(H,22,23)/t12-,13+,15+/m0/s1. The number of aliphatic carboxylic acids is 1. The molecule has 0 radical (unpaired) electrons. The predicted molar refractivity (Wildman–Crippen MR) is 87.3 cm³/mol. The third kappa shape index (κ3) is 4.93. The van der Waals surface area contributed by atoms with Crippen molar-refractivity contribution < 1.29 is 24.2 Å². The Kier molecular flexibility index (Phi) is 7.02. The Balaban J connectivity index is 1.93. The van der Waals surface area contributed by atoms with Crippen LogP contribution in [0, 0.1) is 11.8 Å². The summed E-state index contributed by atoms with van der Waals surface area (Å²) in [5.41, 5.74) is 0. The Hall–Kier alpha value is -1.63. The number of amides is 2. The van der Waals surface area contributed by atoms with Crippen LogP contribution in [0.1, 0.15) is 45.4 Å². The Morgan fingerprint density at radius 3 is 2.71 bits per heavy atom. The summed E-state index contributed by atoms with van der Waals surface area (Å²) in [7, 11) is 0. The van der Waals surface area contributed by atoms with Crippen molar-refractivity contribution in [3.63, 3.8) is 0 Å². The van der Waals surface area contributed by atoms with Crippen LogP contribution in [0.5, 0.6) is 0 Å². The monoisotopic (exact) mass is 340 g/mol. The van der Waals surface area contributed by atoms with E-state index in [1.807, 2.05) is 6.92 Å². The van der Waals surface area contributed by atoms with E-state index in [1.165, 1.54) is 0 Å². The maximum absolute atomic E-state index is 12.5. The van der Waals surface area contributed by atoms with E-state index in [4.69, 9.17) is 4.74 Å². The highest BCUT2D eigenvalue weighted by molar-refractivity contribution is 5.86. The molecule has 0 aromatic heterocycles. The minimum atomic E-state index is -1.02. The van der Waals surface area contributed by atoms with E-state index in [2.05, 4.69) is 5.32 Å². The lowest BCUT2D eigenvalue weighted by molar-refractivity contribution is -0.146. The second kappa shape index (κ2) is 9.01. The van der Waals surface area contributed by atoms with Gasteiger partial charge in [-0.1, -0.05) is 6.92 Å². The SMILES string of the molecule is CCCC(=O)N1CCC[C@H](C(=O)N[C@@H](C(=O)O)[C@@H]2CCCOC2)C1. The highest BCUT2D eigenvalue weighted by Crippen LogP contribution is 2.21. The van der Waals surface area contributed by atoms with Gasteiger partial charge >= 0.3 is 5.97 Å². The second-order valence-electron chi connectivity index (χ2n) is 6.73. The van der Waals surface area contributed by atoms with Crippen LogP contribution in [0.25, 0.3) is 0 Å². The molecule has 0 bridgehead atoms. The number of carbonyl (C=O) groups is 3. The van der Waals surface area contributed by atoms with E-state index in [9.17, 15) is 19.5 Å². The van der Waals surface area contributed by atoms with Crippen molar-refractivity contribution in [3.05, 3.63) is 0 Å². The molecule has 2 N–H and O–H groups in total. The lowest BCUT2D eigenvalue weighted by Gasteiger charge is -2.34. The number of carbonyl (C=O) groups excluding carboxylic acids is 2. The van der Waals surface area contributed by atoms with Gasteiger partial charge in [-0.05, 0) is 32.1 Å². The number of likely N-dealkylation sites (tertiary alicyclic amines) is 1. The van der Waals surface area contributed by atoms with Crippen molar-refractivity contribution >= 4 is 17.8 Å². The zero-order chi connectivity index (χ0) is 17.5. The molecule has 2 rings (SSSR count). The first-order chi connectivity index (χ1) is 11.5. The lowest BCUT2D eigenvalue weighted by Crippen LogP contribution is -2.52. The van der Waals surface area contributed by atoms with E-state index in [0.717, 1.165) is 25.7 Å². The van der Waals surface area contributed by atoms with Gasteiger partial charge in [0.15, 0.2) is 0 Å². The summed E-state index contributed by atoms with van der Waals surface area (Å²) in [5, 5.41) is 12.1. The smallest absolute Gasteiger partial charge is 0.326 e. The highest BCUT2D eigenvalue weighted by atomic mass is 16.5. The largest absolute Gasteiger partial charge is 0.480 e. The van der Waals surface area contributed by atoms with E-state index in [1.54, 1.807) is 4.90 Å². The number of carboxylic acids is 1. The molecule has 7 nitrogen and oxygen atoms in total. The van der Waals surface area contributed by atoms with Gasteiger partial charge in [-0.15, -0.1) is 0 Å². The molecule has 2 aliphatic heterocycles. The van der Waals surface area contributed by atoms with Crippen LogP contribution in [0.15, 0.2) is 0 Å². The lowest BCUT2D eigenvalue weighted by atomic mass is 9.91. The van der Waals surface area contributed by atoms with Gasteiger partial charge in [0, 0.05) is 32.0 Å². The van der Waals surface area contributed by atoms with Gasteiger partial charge in [0.1, 0.15) is 6.04 Å². The van der Waals surface area contributed by atoms with Crippen molar-refractivity contribution in [3.8, 4) is 0 Å². The maximum atomic E-state index is 12.5. The van der Waals surface area contributed by atoms with Crippen molar-refractivity contribution in [2.24, 2.45) is 11.8 Å². The van der Waals surface area contributed by atoms with E-state index >= 15 is 0 Å². The van der Waals surface area contributed by atoms with Crippen molar-refractivity contribution in [2.75, 3.05) is 26.3 Å². The van der Waals surface area contributed by atoms with Gasteiger partial charge in [-0.3, -0.25) is 9.59 Å². The summed E-state index contributed by atoms with van der Waals surface area (Å²) in [6, 6.07) is -0.917. The molecular formula is C17H28N2O5. The van der Waals surface area contributed by atoms with Crippen LogP contribution in [-0.4, -0.2) is 60.1 Å². The Labute approximate surface area is 142 Å². The minimum Gasteiger partial charge on any atom is -0.480 e. The molecule has 24 heavy (non-hydrogen) atoms. The quantitative estimate of drug-likeness (QED) is 0.753. The summed E-state index contributed by atoms with van der Waals surface area (Å²) >= 11 is 0. The number of hydrogen-bond donors (Lipinski definition) is 2. The van der Waals surface area contributed by atoms with E-state index < -0.39 is 12.0 Å². The predicted octanol–water partition coefficient (Wildman–Crippen LogP) is 1.02. The zero-order valence-electron chi connectivity index (χ0n) is 14.3. The molecule has 2 aliphatic rings. The summed E-state index contributed by atoms with van der Waals surface area (Å²) in [5.74, 6) is -1.73. The average Bonchev–Trinajstić information content (AvgIpc) is 2.60. The Morgan fingerprint density at radius 1 is 1.29 bits per heavy atom. The first-order valence-corrected chi connectivity index (χ1v) is 8.91. The molecule has 2 heterocycles. The number of ether oxygens (including phenoxy) is 1. The Morgan fingerprint density at radius 2 is 2.08 bits per heavy atom. The number of piperidine rings is 1. The topological polar surface area (TPSA) is 95.9 Å². The molecule has 0 aromatic rings. The van der Waals surface area contributed by atoms with Gasteiger partial charge in [0.25, 0.3) is 0 Å². The van der Waals surface area contributed by atoms with Crippen LogP contribution >= 0.6 is 0 Å². The maximum Gasteiger partial charge on any atom is 0.326 e. The molecule has 0 aliphatic carbocycles.